The van der Waals surface area contributed by atoms with Crippen molar-refractivity contribution in [1.29, 1.82) is 0 Å². The number of ether oxygens (including phenoxy) is 1. The molecular formula is C16H18BrClN2O2. The molecule has 1 fully saturated rings. The summed E-state index contributed by atoms with van der Waals surface area (Å²) < 4.78 is 6.69. The van der Waals surface area contributed by atoms with E-state index in [9.17, 15) is 4.79 Å². The fourth-order valence-electron chi connectivity index (χ4n) is 2.44. The van der Waals surface area contributed by atoms with E-state index in [1.165, 1.54) is 0 Å². The number of piperazine rings is 1. The molecule has 2 aromatic rings. The zero-order valence-corrected chi connectivity index (χ0v) is 14.5. The van der Waals surface area contributed by atoms with Gasteiger partial charge in [-0.2, -0.15) is 0 Å². The highest BCUT2D eigenvalue weighted by Crippen LogP contribution is 2.24. The van der Waals surface area contributed by atoms with Crippen LogP contribution in [-0.2, 0) is 4.79 Å². The van der Waals surface area contributed by atoms with E-state index in [0.29, 0.717) is 0 Å². The summed E-state index contributed by atoms with van der Waals surface area (Å²) in [4.78, 5) is 13.9. The first-order valence-corrected chi connectivity index (χ1v) is 7.82. The van der Waals surface area contributed by atoms with Crippen molar-refractivity contribution in [2.24, 2.45) is 0 Å². The number of hydrogen-bond donors (Lipinski definition) is 1. The molecule has 3 rings (SSSR count). The number of halogens is 2. The molecule has 4 nitrogen and oxygen atoms in total. The van der Waals surface area contributed by atoms with E-state index in [4.69, 9.17) is 4.74 Å². The topological polar surface area (TPSA) is 41.6 Å². The maximum atomic E-state index is 12.0. The molecule has 1 aliphatic heterocycles. The van der Waals surface area contributed by atoms with Crippen LogP contribution < -0.4 is 10.1 Å². The Bertz CT molecular complexity index is 660. The molecule has 0 radical (unpaired) electrons. The van der Waals surface area contributed by atoms with Crippen LogP contribution in [0.5, 0.6) is 5.75 Å². The van der Waals surface area contributed by atoms with E-state index in [0.717, 1.165) is 47.2 Å². The third-order valence-electron chi connectivity index (χ3n) is 3.61. The van der Waals surface area contributed by atoms with Crippen molar-refractivity contribution in [2.45, 2.75) is 0 Å². The van der Waals surface area contributed by atoms with Gasteiger partial charge in [0, 0.05) is 30.7 Å². The molecule has 0 aliphatic carbocycles. The molecule has 0 aromatic heterocycles. The van der Waals surface area contributed by atoms with E-state index in [-0.39, 0.29) is 24.9 Å². The summed E-state index contributed by atoms with van der Waals surface area (Å²) in [5, 5.41) is 5.48. The van der Waals surface area contributed by atoms with Gasteiger partial charge in [-0.15, -0.1) is 12.4 Å². The fourth-order valence-corrected chi connectivity index (χ4v) is 2.81. The SMILES string of the molecule is Cl.O=C(COc1ccc2cc(Br)ccc2c1)N1CCNCC1. The first-order chi connectivity index (χ1) is 10.2. The van der Waals surface area contributed by atoms with Crippen molar-refractivity contribution < 1.29 is 9.53 Å². The summed E-state index contributed by atoms with van der Waals surface area (Å²) >= 11 is 3.46. The van der Waals surface area contributed by atoms with Gasteiger partial charge in [0.2, 0.25) is 0 Å². The monoisotopic (exact) mass is 384 g/mol. The van der Waals surface area contributed by atoms with Gasteiger partial charge in [0.1, 0.15) is 5.75 Å². The zero-order chi connectivity index (χ0) is 14.7. The number of carbonyl (C=O) groups excluding carboxylic acids is 1. The maximum Gasteiger partial charge on any atom is 0.260 e. The van der Waals surface area contributed by atoms with Crippen molar-refractivity contribution in [3.05, 3.63) is 40.9 Å². The Labute approximate surface area is 144 Å². The lowest BCUT2D eigenvalue weighted by Crippen LogP contribution is -2.47. The summed E-state index contributed by atoms with van der Waals surface area (Å²) in [7, 11) is 0. The molecule has 1 N–H and O–H groups in total. The van der Waals surface area contributed by atoms with Crippen molar-refractivity contribution in [3.63, 3.8) is 0 Å². The summed E-state index contributed by atoms with van der Waals surface area (Å²) in [5.41, 5.74) is 0. The van der Waals surface area contributed by atoms with Crippen LogP contribution in [0.3, 0.4) is 0 Å². The minimum absolute atomic E-state index is 0. The number of amides is 1. The molecule has 0 bridgehead atoms. The molecule has 0 spiro atoms. The van der Waals surface area contributed by atoms with Crippen LogP contribution in [0.15, 0.2) is 40.9 Å². The summed E-state index contributed by atoms with van der Waals surface area (Å²) in [6, 6.07) is 12.0. The molecule has 118 valence electrons. The lowest BCUT2D eigenvalue weighted by Gasteiger charge is -2.27. The van der Waals surface area contributed by atoms with E-state index in [1.54, 1.807) is 0 Å². The maximum absolute atomic E-state index is 12.0. The average Bonchev–Trinajstić information content (AvgIpc) is 2.53. The fraction of sp³-hybridized carbons (Fsp3) is 0.312. The summed E-state index contributed by atoms with van der Waals surface area (Å²) in [5.74, 6) is 0.778. The van der Waals surface area contributed by atoms with Gasteiger partial charge >= 0.3 is 0 Å². The Hall–Kier alpha value is -1.30. The van der Waals surface area contributed by atoms with Crippen molar-refractivity contribution in [1.82, 2.24) is 10.2 Å². The second-order valence-corrected chi connectivity index (χ2v) is 5.99. The first kappa shape index (κ1) is 17.1. The highest BCUT2D eigenvalue weighted by molar-refractivity contribution is 9.10. The molecule has 22 heavy (non-hydrogen) atoms. The zero-order valence-electron chi connectivity index (χ0n) is 12.0. The largest absolute Gasteiger partial charge is 0.484 e. The molecule has 1 saturated heterocycles. The quantitative estimate of drug-likeness (QED) is 0.883. The third kappa shape index (κ3) is 4.12. The number of benzene rings is 2. The molecule has 1 aliphatic rings. The first-order valence-electron chi connectivity index (χ1n) is 7.03. The summed E-state index contributed by atoms with van der Waals surface area (Å²) in [6.07, 6.45) is 0. The molecule has 1 heterocycles. The number of nitrogens with zero attached hydrogens (tertiary/aromatic N) is 1. The van der Waals surface area contributed by atoms with E-state index < -0.39 is 0 Å². The molecule has 2 aromatic carbocycles. The Morgan fingerprint density at radius 2 is 1.82 bits per heavy atom. The van der Waals surface area contributed by atoms with E-state index >= 15 is 0 Å². The number of rotatable bonds is 3. The van der Waals surface area contributed by atoms with Crippen molar-refractivity contribution in [3.8, 4) is 5.75 Å². The van der Waals surface area contributed by atoms with Crippen LogP contribution in [0.4, 0.5) is 0 Å². The predicted molar refractivity (Wildman–Crippen MR) is 93.8 cm³/mol. The second-order valence-electron chi connectivity index (χ2n) is 5.07. The molecule has 0 unspecified atom stereocenters. The van der Waals surface area contributed by atoms with Gasteiger partial charge in [-0.3, -0.25) is 4.79 Å². The van der Waals surface area contributed by atoms with Crippen LogP contribution in [0.25, 0.3) is 10.8 Å². The predicted octanol–water partition coefficient (Wildman–Crippen LogP) is 2.83. The van der Waals surface area contributed by atoms with Crippen LogP contribution in [-0.4, -0.2) is 43.6 Å². The second kappa shape index (κ2) is 7.81. The van der Waals surface area contributed by atoms with Gasteiger partial charge in [-0.05, 0) is 35.0 Å². The third-order valence-corrected chi connectivity index (χ3v) is 4.10. The van der Waals surface area contributed by atoms with E-state index in [1.807, 2.05) is 35.2 Å². The van der Waals surface area contributed by atoms with Crippen LogP contribution in [0.1, 0.15) is 0 Å². The van der Waals surface area contributed by atoms with Crippen molar-refractivity contribution in [2.75, 3.05) is 32.8 Å². The molecule has 1 amide bonds. The molecule has 6 heteroatoms. The standard InChI is InChI=1S/C16H17BrN2O2.ClH/c17-14-3-1-13-10-15(4-2-12(13)9-14)21-11-16(20)19-7-5-18-6-8-19;/h1-4,9-10,18H,5-8,11H2;1H. The number of nitrogens with one attached hydrogen (secondary N) is 1. The van der Waals surface area contributed by atoms with Gasteiger partial charge in [0.15, 0.2) is 6.61 Å². The lowest BCUT2D eigenvalue weighted by molar-refractivity contribution is -0.133. The highest BCUT2D eigenvalue weighted by atomic mass is 79.9. The van der Waals surface area contributed by atoms with Gasteiger partial charge < -0.3 is 15.0 Å². The van der Waals surface area contributed by atoms with Crippen LogP contribution >= 0.6 is 28.3 Å². The average molecular weight is 386 g/mol. The minimum atomic E-state index is 0. The molecule has 0 saturated carbocycles. The number of hydrogen-bond acceptors (Lipinski definition) is 3. The Morgan fingerprint density at radius 3 is 2.59 bits per heavy atom. The molecule has 0 atom stereocenters. The van der Waals surface area contributed by atoms with Crippen LogP contribution in [0, 0.1) is 0 Å². The van der Waals surface area contributed by atoms with E-state index in [2.05, 4.69) is 27.3 Å². The van der Waals surface area contributed by atoms with Gasteiger partial charge in [-0.1, -0.05) is 28.1 Å². The Kier molecular flexibility index (Phi) is 6.06. The Balaban J connectivity index is 0.00000176. The van der Waals surface area contributed by atoms with Gasteiger partial charge in [0.05, 0.1) is 0 Å². The number of carbonyl (C=O) groups is 1. The minimum Gasteiger partial charge on any atom is -0.484 e. The van der Waals surface area contributed by atoms with Crippen LogP contribution in [0.2, 0.25) is 0 Å². The Morgan fingerprint density at radius 1 is 1.14 bits per heavy atom. The molecular weight excluding hydrogens is 368 g/mol. The summed E-state index contributed by atoms with van der Waals surface area (Å²) in [6.45, 7) is 3.33. The number of fused-ring (bicyclic) bond motifs is 1. The smallest absolute Gasteiger partial charge is 0.260 e. The van der Waals surface area contributed by atoms with Gasteiger partial charge in [-0.25, -0.2) is 0 Å². The normalized spacial score (nSPS) is 14.5. The lowest BCUT2D eigenvalue weighted by atomic mass is 10.1. The van der Waals surface area contributed by atoms with Gasteiger partial charge in [0.25, 0.3) is 5.91 Å². The highest BCUT2D eigenvalue weighted by Gasteiger charge is 2.16. The van der Waals surface area contributed by atoms with Crippen molar-refractivity contribution >= 4 is 45.0 Å².